The Kier molecular flexibility index (Phi) is 4.13. The van der Waals surface area contributed by atoms with E-state index in [4.69, 9.17) is 11.6 Å². The molecule has 0 spiro atoms. The molecule has 20 heavy (non-hydrogen) atoms. The highest BCUT2D eigenvalue weighted by molar-refractivity contribution is 6.28. The molecule has 0 radical (unpaired) electrons. The van der Waals surface area contributed by atoms with Gasteiger partial charge in [0.15, 0.2) is 5.69 Å². The summed E-state index contributed by atoms with van der Waals surface area (Å²) in [5.74, 6) is 0.126. The minimum atomic E-state index is -4.55. The Morgan fingerprint density at radius 2 is 1.80 bits per heavy atom. The molecule has 1 heterocycles. The fraction of sp³-hybridized carbons (Fsp3) is 0.231. The van der Waals surface area contributed by atoms with Crippen molar-refractivity contribution in [1.82, 2.24) is 9.97 Å². The first-order chi connectivity index (χ1) is 9.36. The number of benzene rings is 1. The molecule has 7 heteroatoms. The molecule has 2 rings (SSSR count). The number of anilines is 1. The number of nitrogens with zero attached hydrogens (tertiary/aromatic N) is 3. The van der Waals surface area contributed by atoms with Crippen molar-refractivity contribution in [3.63, 3.8) is 0 Å². The van der Waals surface area contributed by atoms with E-state index in [2.05, 4.69) is 9.97 Å². The van der Waals surface area contributed by atoms with Crippen LogP contribution in [0.1, 0.15) is 11.3 Å². The largest absolute Gasteiger partial charge is 0.433 e. The average Bonchev–Trinajstić information content (AvgIpc) is 2.38. The first-order valence-electron chi connectivity index (χ1n) is 5.73. The van der Waals surface area contributed by atoms with Gasteiger partial charge in [0.25, 0.3) is 0 Å². The van der Waals surface area contributed by atoms with E-state index in [9.17, 15) is 13.2 Å². The molecule has 2 aromatic rings. The number of alkyl halides is 3. The van der Waals surface area contributed by atoms with E-state index in [0.717, 1.165) is 11.6 Å². The van der Waals surface area contributed by atoms with Gasteiger partial charge in [-0.1, -0.05) is 30.3 Å². The van der Waals surface area contributed by atoms with Gasteiger partial charge in [-0.05, 0) is 17.2 Å². The Hall–Kier alpha value is -1.82. The number of halogens is 4. The van der Waals surface area contributed by atoms with Crippen molar-refractivity contribution in [1.29, 1.82) is 0 Å². The van der Waals surface area contributed by atoms with Crippen LogP contribution in [0, 0.1) is 0 Å². The zero-order valence-electron chi connectivity index (χ0n) is 10.5. The third-order valence-electron chi connectivity index (χ3n) is 2.63. The molecule has 0 aliphatic heterocycles. The van der Waals surface area contributed by atoms with E-state index in [1.807, 2.05) is 30.3 Å². The first-order valence-corrected chi connectivity index (χ1v) is 6.11. The van der Waals surface area contributed by atoms with Gasteiger partial charge in [-0.3, -0.25) is 0 Å². The van der Waals surface area contributed by atoms with Gasteiger partial charge in [-0.25, -0.2) is 9.97 Å². The molecule has 0 aliphatic rings. The monoisotopic (exact) mass is 301 g/mol. The summed E-state index contributed by atoms with van der Waals surface area (Å²) in [6.45, 7) is 0.422. The van der Waals surface area contributed by atoms with Crippen LogP contribution in [0.25, 0.3) is 0 Å². The molecule has 0 aliphatic carbocycles. The predicted octanol–water partition coefficient (Wildman–Crippen LogP) is 3.79. The van der Waals surface area contributed by atoms with Crippen LogP contribution >= 0.6 is 11.6 Å². The summed E-state index contributed by atoms with van der Waals surface area (Å²) >= 11 is 5.55. The van der Waals surface area contributed by atoms with Crippen LogP contribution in [0.2, 0.25) is 5.28 Å². The molecule has 0 bridgehead atoms. The van der Waals surface area contributed by atoms with Crippen molar-refractivity contribution in [3.8, 4) is 0 Å². The first kappa shape index (κ1) is 14.6. The van der Waals surface area contributed by atoms with Crippen LogP contribution in [-0.4, -0.2) is 17.0 Å². The van der Waals surface area contributed by atoms with E-state index in [-0.39, 0.29) is 5.82 Å². The van der Waals surface area contributed by atoms with Gasteiger partial charge in [0.1, 0.15) is 5.82 Å². The minimum absolute atomic E-state index is 0.126. The van der Waals surface area contributed by atoms with Gasteiger partial charge in [-0.15, -0.1) is 0 Å². The van der Waals surface area contributed by atoms with Gasteiger partial charge in [0.05, 0.1) is 0 Å². The maximum absolute atomic E-state index is 12.7. The highest BCUT2D eigenvalue weighted by Crippen LogP contribution is 2.30. The Labute approximate surface area is 119 Å². The second-order valence-corrected chi connectivity index (χ2v) is 4.56. The van der Waals surface area contributed by atoms with Gasteiger partial charge >= 0.3 is 6.18 Å². The summed E-state index contributed by atoms with van der Waals surface area (Å²) in [6.07, 6.45) is -4.55. The van der Waals surface area contributed by atoms with Gasteiger partial charge in [-0.2, -0.15) is 13.2 Å². The van der Waals surface area contributed by atoms with Crippen LogP contribution in [0.5, 0.6) is 0 Å². The Morgan fingerprint density at radius 1 is 1.15 bits per heavy atom. The molecule has 1 aromatic carbocycles. The van der Waals surface area contributed by atoms with Gasteiger partial charge < -0.3 is 4.90 Å². The van der Waals surface area contributed by atoms with E-state index < -0.39 is 17.2 Å². The molecule has 0 amide bonds. The summed E-state index contributed by atoms with van der Waals surface area (Å²) in [5.41, 5.74) is -0.0919. The van der Waals surface area contributed by atoms with Crippen LogP contribution in [0.3, 0.4) is 0 Å². The smallest absolute Gasteiger partial charge is 0.355 e. The fourth-order valence-electron chi connectivity index (χ4n) is 1.68. The lowest BCUT2D eigenvalue weighted by Gasteiger charge is -2.19. The van der Waals surface area contributed by atoms with Crippen molar-refractivity contribution in [2.75, 3.05) is 11.9 Å². The predicted molar refractivity (Wildman–Crippen MR) is 70.6 cm³/mol. The van der Waals surface area contributed by atoms with Crippen molar-refractivity contribution >= 4 is 17.4 Å². The molecule has 1 aromatic heterocycles. The second-order valence-electron chi connectivity index (χ2n) is 4.22. The summed E-state index contributed by atoms with van der Waals surface area (Å²) in [7, 11) is 1.64. The molecule has 3 nitrogen and oxygen atoms in total. The molecular formula is C13H11ClF3N3. The number of hydrogen-bond donors (Lipinski definition) is 0. The quantitative estimate of drug-likeness (QED) is 0.808. The summed E-state index contributed by atoms with van der Waals surface area (Å²) in [4.78, 5) is 8.60. The van der Waals surface area contributed by atoms with E-state index in [1.54, 1.807) is 11.9 Å². The van der Waals surface area contributed by atoms with E-state index in [1.165, 1.54) is 0 Å². The summed E-state index contributed by atoms with van der Waals surface area (Å²) in [5, 5.41) is -0.422. The molecule has 0 N–H and O–H groups in total. The number of rotatable bonds is 3. The molecule has 0 unspecified atom stereocenters. The second kappa shape index (κ2) is 5.66. The minimum Gasteiger partial charge on any atom is -0.355 e. The lowest BCUT2D eigenvalue weighted by Crippen LogP contribution is -2.19. The summed E-state index contributed by atoms with van der Waals surface area (Å²) in [6, 6.07) is 10.2. The third kappa shape index (κ3) is 3.60. The van der Waals surface area contributed by atoms with Crippen LogP contribution < -0.4 is 4.90 Å². The summed E-state index contributed by atoms with van der Waals surface area (Å²) < 4.78 is 38.0. The van der Waals surface area contributed by atoms with Crippen molar-refractivity contribution in [2.45, 2.75) is 12.7 Å². The average molecular weight is 302 g/mol. The van der Waals surface area contributed by atoms with Crippen LogP contribution in [0.15, 0.2) is 36.4 Å². The highest BCUT2D eigenvalue weighted by Gasteiger charge is 2.33. The maximum Gasteiger partial charge on any atom is 0.433 e. The van der Waals surface area contributed by atoms with Gasteiger partial charge in [0.2, 0.25) is 5.28 Å². The fourth-order valence-corrected chi connectivity index (χ4v) is 1.86. The number of hydrogen-bond acceptors (Lipinski definition) is 3. The molecule has 106 valence electrons. The third-order valence-corrected chi connectivity index (χ3v) is 2.80. The van der Waals surface area contributed by atoms with Crippen LogP contribution in [0.4, 0.5) is 19.0 Å². The molecular weight excluding hydrogens is 291 g/mol. The Morgan fingerprint density at radius 3 is 2.40 bits per heavy atom. The highest BCUT2D eigenvalue weighted by atomic mass is 35.5. The van der Waals surface area contributed by atoms with E-state index >= 15 is 0 Å². The Balaban J connectivity index is 2.26. The van der Waals surface area contributed by atoms with Crippen molar-refractivity contribution in [3.05, 3.63) is 52.9 Å². The van der Waals surface area contributed by atoms with E-state index in [0.29, 0.717) is 6.54 Å². The Bertz CT molecular complexity index is 587. The molecule has 0 saturated carbocycles. The lowest BCUT2D eigenvalue weighted by atomic mass is 10.2. The van der Waals surface area contributed by atoms with Crippen molar-refractivity contribution < 1.29 is 13.2 Å². The zero-order valence-corrected chi connectivity index (χ0v) is 11.3. The van der Waals surface area contributed by atoms with Crippen LogP contribution in [-0.2, 0) is 12.7 Å². The normalized spacial score (nSPS) is 11.4. The standard InChI is InChI=1S/C13H11ClF3N3/c1-20(8-9-5-3-2-4-6-9)11-7-10(13(15,16)17)18-12(14)19-11/h2-7H,8H2,1H3. The molecule has 0 fully saturated rings. The SMILES string of the molecule is CN(Cc1ccccc1)c1cc(C(F)(F)F)nc(Cl)n1. The number of aromatic nitrogens is 2. The topological polar surface area (TPSA) is 29.0 Å². The van der Waals surface area contributed by atoms with Gasteiger partial charge in [0, 0.05) is 19.7 Å². The molecule has 0 atom stereocenters. The zero-order chi connectivity index (χ0) is 14.8. The maximum atomic E-state index is 12.7. The lowest BCUT2D eigenvalue weighted by molar-refractivity contribution is -0.141. The van der Waals surface area contributed by atoms with Crippen molar-refractivity contribution in [2.24, 2.45) is 0 Å². The molecule has 0 saturated heterocycles.